The zero-order valence-corrected chi connectivity index (χ0v) is 8.79. The van der Waals surface area contributed by atoms with E-state index >= 15 is 0 Å². The molecule has 84 valence electrons. The van der Waals surface area contributed by atoms with Gasteiger partial charge < -0.3 is 11.1 Å². The van der Waals surface area contributed by atoms with Gasteiger partial charge in [0, 0.05) is 5.69 Å². The third-order valence-electron chi connectivity index (χ3n) is 2.14. The van der Waals surface area contributed by atoms with E-state index in [9.17, 15) is 4.79 Å². The minimum Gasteiger partial charge on any atom is -0.382 e. The van der Waals surface area contributed by atoms with Gasteiger partial charge >= 0.3 is 6.03 Å². The summed E-state index contributed by atoms with van der Waals surface area (Å²) in [5, 5.41) is 15.0. The van der Waals surface area contributed by atoms with Crippen molar-refractivity contribution in [3.8, 4) is 6.07 Å². The number of para-hydroxylation sites is 1. The number of carbonyl (C=O) groups is 1. The Bertz CT molecular complexity index is 582. The lowest BCUT2D eigenvalue weighted by Crippen LogP contribution is -2.22. The highest BCUT2D eigenvalue weighted by Crippen LogP contribution is 2.11. The quantitative estimate of drug-likeness (QED) is 0.769. The zero-order valence-electron chi connectivity index (χ0n) is 8.79. The van der Waals surface area contributed by atoms with E-state index in [0.29, 0.717) is 5.69 Å². The van der Waals surface area contributed by atoms with Crippen molar-refractivity contribution in [2.45, 2.75) is 0 Å². The molecule has 1 aromatic heterocycles. The molecule has 0 aliphatic heterocycles. The van der Waals surface area contributed by atoms with Crippen LogP contribution in [0.5, 0.6) is 0 Å². The van der Waals surface area contributed by atoms with Crippen LogP contribution in [0.25, 0.3) is 0 Å². The van der Waals surface area contributed by atoms with Crippen LogP contribution in [0.4, 0.5) is 16.3 Å². The molecule has 0 aliphatic rings. The minimum absolute atomic E-state index is 0.0286. The third-order valence-corrected chi connectivity index (χ3v) is 2.14. The zero-order chi connectivity index (χ0) is 12.3. The molecule has 0 radical (unpaired) electrons. The molecule has 0 fully saturated rings. The van der Waals surface area contributed by atoms with Crippen LogP contribution in [0.1, 0.15) is 5.56 Å². The first-order chi connectivity index (χ1) is 8.22. The van der Waals surface area contributed by atoms with Crippen molar-refractivity contribution in [3.05, 3.63) is 42.1 Å². The molecule has 3 N–H and O–H groups in total. The number of hydrogen-bond acceptors (Lipinski definition) is 4. The maximum atomic E-state index is 11.8. The van der Waals surface area contributed by atoms with Crippen LogP contribution in [0.2, 0.25) is 0 Å². The molecule has 0 unspecified atom stereocenters. The molecular weight excluding hydrogens is 218 g/mol. The molecule has 0 saturated carbocycles. The van der Waals surface area contributed by atoms with E-state index in [1.807, 2.05) is 12.1 Å². The van der Waals surface area contributed by atoms with Gasteiger partial charge in [-0.1, -0.05) is 18.2 Å². The van der Waals surface area contributed by atoms with E-state index in [1.54, 1.807) is 24.3 Å². The largest absolute Gasteiger partial charge is 0.382 e. The van der Waals surface area contributed by atoms with E-state index in [0.717, 1.165) is 4.68 Å². The number of aromatic nitrogens is 2. The Kier molecular flexibility index (Phi) is 2.75. The predicted molar refractivity (Wildman–Crippen MR) is 62.2 cm³/mol. The molecule has 0 atom stereocenters. The number of amides is 1. The lowest BCUT2D eigenvalue weighted by atomic mass is 10.3. The number of rotatable bonds is 1. The second-order valence-electron chi connectivity index (χ2n) is 3.26. The molecule has 6 nitrogen and oxygen atoms in total. The lowest BCUT2D eigenvalue weighted by Gasteiger charge is -2.05. The van der Waals surface area contributed by atoms with Gasteiger partial charge in [-0.05, 0) is 12.1 Å². The van der Waals surface area contributed by atoms with Crippen molar-refractivity contribution < 1.29 is 4.79 Å². The standard InChI is InChI=1S/C11H9N5O/c12-6-8-7-14-16(10(8)13)11(17)15-9-4-2-1-3-5-9/h1-5,7H,13H2,(H,15,17). The van der Waals surface area contributed by atoms with Crippen LogP contribution in [0.15, 0.2) is 36.5 Å². The number of carbonyl (C=O) groups excluding carboxylic acids is 1. The van der Waals surface area contributed by atoms with Gasteiger partial charge in [0.2, 0.25) is 0 Å². The van der Waals surface area contributed by atoms with Gasteiger partial charge in [-0.2, -0.15) is 15.0 Å². The molecule has 0 saturated heterocycles. The molecule has 0 bridgehead atoms. The summed E-state index contributed by atoms with van der Waals surface area (Å²) < 4.78 is 0.950. The van der Waals surface area contributed by atoms with Crippen LogP contribution in [-0.4, -0.2) is 15.8 Å². The molecule has 6 heteroatoms. The van der Waals surface area contributed by atoms with Crippen molar-refractivity contribution in [2.75, 3.05) is 11.1 Å². The molecule has 1 heterocycles. The summed E-state index contributed by atoms with van der Waals surface area (Å²) in [6.45, 7) is 0. The number of hydrogen-bond donors (Lipinski definition) is 2. The van der Waals surface area contributed by atoms with Crippen LogP contribution in [0.3, 0.4) is 0 Å². The fraction of sp³-hybridized carbons (Fsp3) is 0. The minimum atomic E-state index is -0.504. The molecule has 2 rings (SSSR count). The normalized spacial score (nSPS) is 9.59. The average molecular weight is 227 g/mol. The summed E-state index contributed by atoms with van der Waals surface area (Å²) >= 11 is 0. The Balaban J connectivity index is 2.21. The topological polar surface area (TPSA) is 96.7 Å². The maximum Gasteiger partial charge on any atom is 0.348 e. The SMILES string of the molecule is N#Cc1cnn(C(=O)Nc2ccccc2)c1N. The van der Waals surface area contributed by atoms with Crippen molar-refractivity contribution >= 4 is 17.5 Å². The van der Waals surface area contributed by atoms with Crippen LogP contribution in [0, 0.1) is 11.3 Å². The number of nitrogens with two attached hydrogens (primary N) is 1. The Morgan fingerprint density at radius 3 is 2.71 bits per heavy atom. The smallest absolute Gasteiger partial charge is 0.348 e. The van der Waals surface area contributed by atoms with Crippen molar-refractivity contribution in [2.24, 2.45) is 0 Å². The predicted octanol–water partition coefficient (Wildman–Crippen LogP) is 1.42. The fourth-order valence-electron chi connectivity index (χ4n) is 1.30. The summed E-state index contributed by atoms with van der Waals surface area (Å²) in [6.07, 6.45) is 1.25. The summed E-state index contributed by atoms with van der Waals surface area (Å²) in [5.41, 5.74) is 6.39. The summed E-state index contributed by atoms with van der Waals surface area (Å²) in [7, 11) is 0. The number of nitrogens with one attached hydrogen (secondary N) is 1. The van der Waals surface area contributed by atoms with Gasteiger partial charge in [-0.25, -0.2) is 4.79 Å². The van der Waals surface area contributed by atoms with E-state index in [1.165, 1.54) is 6.20 Å². The lowest BCUT2D eigenvalue weighted by molar-refractivity contribution is 0.251. The number of benzene rings is 1. The molecule has 2 aromatic rings. The number of nitrogens with zero attached hydrogens (tertiary/aromatic N) is 3. The van der Waals surface area contributed by atoms with Crippen molar-refractivity contribution in [3.63, 3.8) is 0 Å². The highest BCUT2D eigenvalue weighted by molar-refractivity contribution is 5.92. The van der Waals surface area contributed by atoms with E-state index < -0.39 is 6.03 Å². The maximum absolute atomic E-state index is 11.8. The molecule has 0 aliphatic carbocycles. The van der Waals surface area contributed by atoms with Gasteiger partial charge in [0.25, 0.3) is 0 Å². The monoisotopic (exact) mass is 227 g/mol. The van der Waals surface area contributed by atoms with Crippen molar-refractivity contribution in [1.29, 1.82) is 5.26 Å². The van der Waals surface area contributed by atoms with Gasteiger partial charge in [-0.3, -0.25) is 0 Å². The van der Waals surface area contributed by atoms with Gasteiger partial charge in [0.1, 0.15) is 17.5 Å². The van der Waals surface area contributed by atoms with E-state index in [4.69, 9.17) is 11.0 Å². The first kappa shape index (κ1) is 10.7. The fourth-order valence-corrected chi connectivity index (χ4v) is 1.30. The molecule has 17 heavy (non-hydrogen) atoms. The average Bonchev–Trinajstić information content (AvgIpc) is 2.71. The second-order valence-corrected chi connectivity index (χ2v) is 3.26. The molecular formula is C11H9N5O. The summed E-state index contributed by atoms with van der Waals surface area (Å²) in [5.74, 6) is 0.0286. The first-order valence-electron chi connectivity index (χ1n) is 4.82. The van der Waals surface area contributed by atoms with E-state index in [2.05, 4.69) is 10.4 Å². The third kappa shape index (κ3) is 2.08. The number of nitriles is 1. The summed E-state index contributed by atoms with van der Waals surface area (Å²) in [6, 6.07) is 10.2. The number of anilines is 2. The Hall–Kier alpha value is -2.81. The molecule has 1 aromatic carbocycles. The highest BCUT2D eigenvalue weighted by Gasteiger charge is 2.13. The second kappa shape index (κ2) is 4.37. The highest BCUT2D eigenvalue weighted by atomic mass is 16.2. The van der Waals surface area contributed by atoms with Crippen molar-refractivity contribution in [1.82, 2.24) is 9.78 Å². The van der Waals surface area contributed by atoms with Gasteiger partial charge in [0.05, 0.1) is 6.20 Å². The first-order valence-corrected chi connectivity index (χ1v) is 4.82. The number of nitrogen functional groups attached to an aromatic ring is 1. The van der Waals surface area contributed by atoms with Crippen LogP contribution in [-0.2, 0) is 0 Å². The Morgan fingerprint density at radius 2 is 2.12 bits per heavy atom. The summed E-state index contributed by atoms with van der Waals surface area (Å²) in [4.78, 5) is 11.8. The van der Waals surface area contributed by atoms with E-state index in [-0.39, 0.29) is 11.4 Å². The van der Waals surface area contributed by atoms with Gasteiger partial charge in [0.15, 0.2) is 0 Å². The van der Waals surface area contributed by atoms with Crippen LogP contribution >= 0.6 is 0 Å². The Morgan fingerprint density at radius 1 is 1.41 bits per heavy atom. The Labute approximate surface area is 97.3 Å². The van der Waals surface area contributed by atoms with Gasteiger partial charge in [-0.15, -0.1) is 0 Å². The molecule has 1 amide bonds. The molecule has 0 spiro atoms. The van der Waals surface area contributed by atoms with Crippen LogP contribution < -0.4 is 11.1 Å².